The molecule has 7 nitrogen and oxygen atoms in total. The summed E-state index contributed by atoms with van der Waals surface area (Å²) < 4.78 is 11.1. The highest BCUT2D eigenvalue weighted by atomic mass is 31.2. The molecular weight excluding hydrogens is 339 g/mol. The van der Waals surface area contributed by atoms with Crippen molar-refractivity contribution in [3.8, 4) is 0 Å². The van der Waals surface area contributed by atoms with Crippen molar-refractivity contribution in [3.05, 3.63) is 29.6 Å². The predicted molar refractivity (Wildman–Crippen MR) is 99.6 cm³/mol. The molecule has 2 aromatic heterocycles. The van der Waals surface area contributed by atoms with Gasteiger partial charge in [0.2, 0.25) is 0 Å². The minimum absolute atomic E-state index is 0.113. The van der Waals surface area contributed by atoms with Gasteiger partial charge in [0, 0.05) is 5.39 Å². The highest BCUT2D eigenvalue weighted by Crippen LogP contribution is 2.36. The summed E-state index contributed by atoms with van der Waals surface area (Å²) >= 11 is 0. The maximum Gasteiger partial charge on any atom is 0.325 e. The minimum atomic E-state index is -3.97. The molecule has 0 amide bonds. The Kier molecular flexibility index (Phi) is 4.82. The van der Waals surface area contributed by atoms with Gasteiger partial charge in [-0.3, -0.25) is 4.57 Å². The maximum absolute atomic E-state index is 11.1. The second kappa shape index (κ2) is 6.75. The zero-order chi connectivity index (χ0) is 18.2. The molecule has 0 atom stereocenters. The Balaban J connectivity index is 2.08. The summed E-state index contributed by atoms with van der Waals surface area (Å²) in [6, 6.07) is 4.05. The van der Waals surface area contributed by atoms with Gasteiger partial charge in [-0.15, -0.1) is 0 Å². The number of aryl methyl sites for hydroxylation is 1. The molecule has 0 fully saturated rings. The van der Waals surface area contributed by atoms with Gasteiger partial charge in [-0.1, -0.05) is 19.9 Å². The van der Waals surface area contributed by atoms with Crippen molar-refractivity contribution in [2.75, 3.05) is 11.9 Å². The third kappa shape index (κ3) is 4.00. The fraction of sp³-hybridized carbons (Fsp3) is 0.412. The number of imidazole rings is 1. The number of nitrogens with zero attached hydrogens (tertiary/aromatic N) is 2. The molecule has 8 heteroatoms. The summed E-state index contributed by atoms with van der Waals surface area (Å²) in [4.78, 5) is 30.1. The summed E-state index contributed by atoms with van der Waals surface area (Å²) in [7, 11) is -3.97. The first kappa shape index (κ1) is 17.9. The van der Waals surface area contributed by atoms with Crippen molar-refractivity contribution in [2.24, 2.45) is 5.92 Å². The fourth-order valence-electron chi connectivity index (χ4n) is 3.21. The number of aromatic amines is 1. The van der Waals surface area contributed by atoms with Crippen LogP contribution in [0.15, 0.2) is 18.5 Å². The van der Waals surface area contributed by atoms with Crippen molar-refractivity contribution in [2.45, 2.75) is 33.1 Å². The molecule has 3 rings (SSSR count). The average molecular weight is 362 g/mol. The van der Waals surface area contributed by atoms with E-state index in [1.54, 1.807) is 6.33 Å². The summed E-state index contributed by atoms with van der Waals surface area (Å²) in [6.07, 6.45) is 3.40. The first-order valence-electron chi connectivity index (χ1n) is 8.33. The average Bonchev–Trinajstić information content (AvgIpc) is 2.94. The number of benzene rings is 1. The lowest BCUT2D eigenvalue weighted by Crippen LogP contribution is -2.01. The lowest BCUT2D eigenvalue weighted by molar-refractivity contribution is 0.371. The first-order valence-corrected chi connectivity index (χ1v) is 10.1. The van der Waals surface area contributed by atoms with E-state index in [9.17, 15) is 4.57 Å². The van der Waals surface area contributed by atoms with Crippen LogP contribution in [0.3, 0.4) is 0 Å². The SMILES string of the molecule is CC(C)Cc1cc(CCCP(=O)(O)O)cc2nc(N)c3[nH]cnc3c12. The molecule has 0 saturated carbocycles. The molecule has 0 saturated heterocycles. The lowest BCUT2D eigenvalue weighted by Gasteiger charge is -2.13. The quantitative estimate of drug-likeness (QED) is 0.500. The van der Waals surface area contributed by atoms with E-state index in [1.807, 2.05) is 6.07 Å². The minimum Gasteiger partial charge on any atom is -0.382 e. The van der Waals surface area contributed by atoms with Crippen molar-refractivity contribution in [3.63, 3.8) is 0 Å². The standard InChI is InChI=1S/C17H23N4O3P/c1-10(2)6-12-7-11(4-3-5-25(22,23)24)8-13-14(12)15-16(17(18)21-13)20-9-19-15/h7-10H,3-6H2,1-2H3,(H2,18,21)(H,19,20)(H2,22,23,24). The van der Waals surface area contributed by atoms with Crippen LogP contribution in [-0.4, -0.2) is 30.9 Å². The smallest absolute Gasteiger partial charge is 0.325 e. The zero-order valence-electron chi connectivity index (χ0n) is 14.4. The summed E-state index contributed by atoms with van der Waals surface area (Å²) in [5.74, 6) is 0.864. The molecule has 134 valence electrons. The molecule has 5 N–H and O–H groups in total. The molecule has 0 spiro atoms. The Labute approximate surface area is 145 Å². The van der Waals surface area contributed by atoms with E-state index >= 15 is 0 Å². The molecule has 25 heavy (non-hydrogen) atoms. The van der Waals surface area contributed by atoms with Gasteiger partial charge in [0.15, 0.2) is 0 Å². The van der Waals surface area contributed by atoms with Crippen molar-refractivity contribution >= 4 is 35.3 Å². The van der Waals surface area contributed by atoms with Gasteiger partial charge >= 0.3 is 7.60 Å². The number of hydrogen-bond acceptors (Lipinski definition) is 4. The summed E-state index contributed by atoms with van der Waals surface area (Å²) in [5.41, 5.74) is 10.5. The Morgan fingerprint density at radius 1 is 1.32 bits per heavy atom. The van der Waals surface area contributed by atoms with Gasteiger partial charge < -0.3 is 20.5 Å². The molecule has 3 aromatic rings. The van der Waals surface area contributed by atoms with E-state index in [1.165, 1.54) is 0 Å². The van der Waals surface area contributed by atoms with E-state index in [0.29, 0.717) is 24.6 Å². The second-order valence-corrected chi connectivity index (χ2v) is 8.64. The molecule has 1 aromatic carbocycles. The Hall–Kier alpha value is -1.95. The van der Waals surface area contributed by atoms with Gasteiger partial charge in [0.05, 0.1) is 18.0 Å². The van der Waals surface area contributed by atoms with Crippen molar-refractivity contribution in [1.29, 1.82) is 0 Å². The van der Waals surface area contributed by atoms with Crippen molar-refractivity contribution < 1.29 is 14.4 Å². The monoisotopic (exact) mass is 362 g/mol. The highest BCUT2D eigenvalue weighted by Gasteiger charge is 2.16. The summed E-state index contributed by atoms with van der Waals surface area (Å²) in [6.45, 7) is 4.30. The number of aromatic nitrogens is 3. The van der Waals surface area contributed by atoms with E-state index in [-0.39, 0.29) is 6.16 Å². The van der Waals surface area contributed by atoms with E-state index in [0.717, 1.165) is 39.5 Å². The largest absolute Gasteiger partial charge is 0.382 e. The van der Waals surface area contributed by atoms with Crippen LogP contribution in [0.5, 0.6) is 0 Å². The van der Waals surface area contributed by atoms with Crippen LogP contribution < -0.4 is 5.73 Å². The Morgan fingerprint density at radius 2 is 2.08 bits per heavy atom. The highest BCUT2D eigenvalue weighted by molar-refractivity contribution is 7.51. The molecule has 0 aliphatic carbocycles. The van der Waals surface area contributed by atoms with E-state index < -0.39 is 7.60 Å². The first-order chi connectivity index (χ1) is 11.7. The Bertz CT molecular complexity index is 961. The molecule has 0 radical (unpaired) electrons. The molecule has 0 aliphatic rings. The fourth-order valence-corrected chi connectivity index (χ4v) is 3.78. The molecule has 0 unspecified atom stereocenters. The van der Waals surface area contributed by atoms with Gasteiger partial charge in [-0.2, -0.15) is 0 Å². The Morgan fingerprint density at radius 3 is 2.76 bits per heavy atom. The number of H-pyrrole nitrogens is 1. The molecule has 0 bridgehead atoms. The third-order valence-electron chi connectivity index (χ3n) is 4.18. The second-order valence-electron chi connectivity index (χ2n) is 6.86. The van der Waals surface area contributed by atoms with Crippen LogP contribution in [0.2, 0.25) is 0 Å². The number of anilines is 1. The molecule has 2 heterocycles. The van der Waals surface area contributed by atoms with Gasteiger partial charge in [0.25, 0.3) is 0 Å². The number of hydrogen-bond donors (Lipinski definition) is 4. The van der Waals surface area contributed by atoms with Crippen LogP contribution in [-0.2, 0) is 17.4 Å². The zero-order valence-corrected chi connectivity index (χ0v) is 15.3. The number of nitrogens with two attached hydrogens (primary N) is 1. The van der Waals surface area contributed by atoms with Gasteiger partial charge in [0.1, 0.15) is 16.9 Å². The summed E-state index contributed by atoms with van der Waals surface area (Å²) in [5, 5.41) is 0.998. The van der Waals surface area contributed by atoms with Gasteiger partial charge in [-0.25, -0.2) is 9.97 Å². The van der Waals surface area contributed by atoms with Crippen LogP contribution in [0.1, 0.15) is 31.4 Å². The topological polar surface area (TPSA) is 125 Å². The third-order valence-corrected chi connectivity index (χ3v) is 5.07. The van der Waals surface area contributed by atoms with Crippen LogP contribution in [0.25, 0.3) is 21.9 Å². The van der Waals surface area contributed by atoms with Crippen LogP contribution in [0.4, 0.5) is 5.82 Å². The number of nitrogens with one attached hydrogen (secondary N) is 1. The van der Waals surface area contributed by atoms with E-state index in [2.05, 4.69) is 34.9 Å². The van der Waals surface area contributed by atoms with Crippen molar-refractivity contribution in [1.82, 2.24) is 15.0 Å². The molecule has 0 aliphatic heterocycles. The van der Waals surface area contributed by atoms with Gasteiger partial charge in [-0.05, 0) is 42.4 Å². The number of pyridine rings is 1. The van der Waals surface area contributed by atoms with E-state index in [4.69, 9.17) is 15.5 Å². The number of rotatable bonds is 6. The normalized spacial score (nSPS) is 12.5. The van der Waals surface area contributed by atoms with Crippen LogP contribution >= 0.6 is 7.60 Å². The maximum atomic E-state index is 11.1. The number of nitrogen functional groups attached to an aromatic ring is 1. The molecular formula is C17H23N4O3P. The lowest BCUT2D eigenvalue weighted by atomic mass is 9.94. The predicted octanol–water partition coefficient (Wildman–Crippen LogP) is 3.00. The van der Waals surface area contributed by atoms with Crippen LogP contribution in [0, 0.1) is 5.92 Å². The number of fused-ring (bicyclic) bond motifs is 3.